The zero-order valence-corrected chi connectivity index (χ0v) is 18.7. The van der Waals surface area contributed by atoms with Crippen LogP contribution in [-0.4, -0.2) is 28.2 Å². The quantitative estimate of drug-likeness (QED) is 0.489. The number of pyridine rings is 1. The van der Waals surface area contributed by atoms with Crippen molar-refractivity contribution < 1.29 is 4.57 Å². The van der Waals surface area contributed by atoms with Crippen molar-refractivity contribution in [2.24, 2.45) is 0 Å². The molecule has 3 rings (SSSR count). The van der Waals surface area contributed by atoms with E-state index in [1.165, 1.54) is 33.8 Å². The van der Waals surface area contributed by atoms with Gasteiger partial charge in [0, 0.05) is 57.8 Å². The Bertz CT molecular complexity index is 1010. The molecular formula is C27H32N3+. The Morgan fingerprint density at radius 1 is 0.633 bits per heavy atom. The lowest BCUT2D eigenvalue weighted by Crippen LogP contribution is -2.35. The van der Waals surface area contributed by atoms with Crippen LogP contribution in [0.5, 0.6) is 0 Å². The van der Waals surface area contributed by atoms with Gasteiger partial charge in [0.25, 0.3) is 0 Å². The third-order valence-corrected chi connectivity index (χ3v) is 5.17. The van der Waals surface area contributed by atoms with Gasteiger partial charge in [0.05, 0.1) is 0 Å². The molecule has 1 aromatic heterocycles. The second-order valence-electron chi connectivity index (χ2n) is 7.81. The molecule has 0 fully saturated rings. The minimum atomic E-state index is 0.940. The Labute approximate surface area is 181 Å². The molecule has 0 amide bonds. The number of aromatic nitrogens is 1. The third-order valence-electron chi connectivity index (χ3n) is 5.17. The topological polar surface area (TPSA) is 10.4 Å². The average molecular weight is 399 g/mol. The molecule has 2 aromatic carbocycles. The highest BCUT2D eigenvalue weighted by molar-refractivity contribution is 5.73. The van der Waals surface area contributed by atoms with Gasteiger partial charge in [0.2, 0.25) is 5.69 Å². The molecule has 0 saturated heterocycles. The van der Waals surface area contributed by atoms with Crippen molar-refractivity contribution in [3.05, 3.63) is 89.2 Å². The summed E-state index contributed by atoms with van der Waals surface area (Å²) in [5.41, 5.74) is 7.21. The number of anilines is 2. The van der Waals surface area contributed by atoms with Crippen LogP contribution in [0.2, 0.25) is 0 Å². The van der Waals surface area contributed by atoms with Crippen molar-refractivity contribution in [2.75, 3.05) is 38.0 Å². The summed E-state index contributed by atoms with van der Waals surface area (Å²) < 4.78 is 2.26. The van der Waals surface area contributed by atoms with Gasteiger partial charge in [-0.05, 0) is 54.0 Å². The third kappa shape index (κ3) is 5.60. The van der Waals surface area contributed by atoms with Gasteiger partial charge in [-0.3, -0.25) is 0 Å². The van der Waals surface area contributed by atoms with E-state index in [0.717, 1.165) is 6.54 Å². The Morgan fingerprint density at radius 2 is 1.10 bits per heavy atom. The standard InChI is InChI=1S/C27H32N3/c1-6-30-20-19-24(8-7-22-9-14-25(15-10-22)28(2)3)21-27(30)18-13-23-11-16-26(17-12-23)29(4)5/h7-21H,6H2,1-5H3/q+1. The van der Waals surface area contributed by atoms with Gasteiger partial charge < -0.3 is 9.80 Å². The molecule has 0 bridgehead atoms. The number of benzene rings is 2. The van der Waals surface area contributed by atoms with Crippen LogP contribution >= 0.6 is 0 Å². The predicted octanol–water partition coefficient (Wildman–Crippen LogP) is 5.47. The first-order chi connectivity index (χ1) is 14.5. The highest BCUT2D eigenvalue weighted by atomic mass is 15.1. The molecule has 3 aromatic rings. The molecule has 3 heteroatoms. The van der Waals surface area contributed by atoms with Gasteiger partial charge in [0.15, 0.2) is 6.20 Å². The lowest BCUT2D eigenvalue weighted by atomic mass is 10.1. The van der Waals surface area contributed by atoms with Crippen LogP contribution in [0.1, 0.15) is 29.3 Å². The van der Waals surface area contributed by atoms with Gasteiger partial charge in [-0.1, -0.05) is 36.4 Å². The molecule has 0 atom stereocenters. The van der Waals surface area contributed by atoms with Gasteiger partial charge in [0.1, 0.15) is 6.54 Å². The summed E-state index contributed by atoms with van der Waals surface area (Å²) in [6.45, 7) is 3.11. The normalized spacial score (nSPS) is 11.4. The van der Waals surface area contributed by atoms with Crippen molar-refractivity contribution in [1.82, 2.24) is 0 Å². The second kappa shape index (κ2) is 9.93. The fourth-order valence-electron chi connectivity index (χ4n) is 3.24. The van der Waals surface area contributed by atoms with Crippen LogP contribution in [0.4, 0.5) is 11.4 Å². The molecule has 154 valence electrons. The maximum absolute atomic E-state index is 2.26. The molecule has 0 saturated carbocycles. The smallest absolute Gasteiger partial charge is 0.205 e. The van der Waals surface area contributed by atoms with E-state index in [0.29, 0.717) is 0 Å². The molecular weight excluding hydrogens is 366 g/mol. The van der Waals surface area contributed by atoms with E-state index in [9.17, 15) is 0 Å². The minimum Gasteiger partial charge on any atom is -0.378 e. The largest absolute Gasteiger partial charge is 0.378 e. The predicted molar refractivity (Wildman–Crippen MR) is 132 cm³/mol. The summed E-state index contributed by atoms with van der Waals surface area (Å²) in [5, 5.41) is 0. The maximum Gasteiger partial charge on any atom is 0.205 e. The van der Waals surface area contributed by atoms with Gasteiger partial charge in [-0.25, -0.2) is 0 Å². The number of hydrogen-bond donors (Lipinski definition) is 0. The molecule has 0 N–H and O–H groups in total. The van der Waals surface area contributed by atoms with Crippen LogP contribution in [0.25, 0.3) is 24.3 Å². The summed E-state index contributed by atoms with van der Waals surface area (Å²) in [6.07, 6.45) is 10.9. The number of hydrogen-bond acceptors (Lipinski definition) is 2. The van der Waals surface area contributed by atoms with Crippen LogP contribution in [0.3, 0.4) is 0 Å². The molecule has 0 aliphatic rings. The molecule has 0 aliphatic carbocycles. The summed E-state index contributed by atoms with van der Waals surface area (Å²) in [6, 6.07) is 21.6. The first kappa shape index (κ1) is 21.4. The summed E-state index contributed by atoms with van der Waals surface area (Å²) in [7, 11) is 8.24. The van der Waals surface area contributed by atoms with Gasteiger partial charge in [-0.2, -0.15) is 4.57 Å². The van der Waals surface area contributed by atoms with Gasteiger partial charge >= 0.3 is 0 Å². The lowest BCUT2D eigenvalue weighted by molar-refractivity contribution is -0.695. The average Bonchev–Trinajstić information content (AvgIpc) is 2.76. The van der Waals surface area contributed by atoms with E-state index in [1.54, 1.807) is 0 Å². The van der Waals surface area contributed by atoms with E-state index < -0.39 is 0 Å². The lowest BCUT2D eigenvalue weighted by Gasteiger charge is -2.11. The summed E-state index contributed by atoms with van der Waals surface area (Å²) in [4.78, 5) is 4.23. The highest BCUT2D eigenvalue weighted by Gasteiger charge is 2.06. The van der Waals surface area contributed by atoms with E-state index in [2.05, 4.69) is 141 Å². The highest BCUT2D eigenvalue weighted by Crippen LogP contribution is 2.16. The van der Waals surface area contributed by atoms with E-state index in [1.807, 2.05) is 0 Å². The van der Waals surface area contributed by atoms with Crippen molar-refractivity contribution >= 4 is 35.7 Å². The maximum atomic E-state index is 2.26. The number of aryl methyl sites for hydroxylation is 1. The van der Waals surface area contributed by atoms with Crippen molar-refractivity contribution in [1.29, 1.82) is 0 Å². The van der Waals surface area contributed by atoms with Crippen molar-refractivity contribution in [3.8, 4) is 0 Å². The Hall–Kier alpha value is -3.33. The molecule has 0 unspecified atom stereocenters. The van der Waals surface area contributed by atoms with Crippen molar-refractivity contribution in [2.45, 2.75) is 13.5 Å². The minimum absolute atomic E-state index is 0.940. The first-order valence-corrected chi connectivity index (χ1v) is 10.4. The molecule has 0 radical (unpaired) electrons. The molecule has 30 heavy (non-hydrogen) atoms. The van der Waals surface area contributed by atoms with E-state index in [4.69, 9.17) is 0 Å². The zero-order chi connectivity index (χ0) is 21.5. The molecule has 1 heterocycles. The van der Waals surface area contributed by atoms with Crippen LogP contribution in [0.15, 0.2) is 66.9 Å². The Balaban J connectivity index is 1.79. The Morgan fingerprint density at radius 3 is 1.57 bits per heavy atom. The summed E-state index contributed by atoms with van der Waals surface area (Å²) >= 11 is 0. The van der Waals surface area contributed by atoms with E-state index in [-0.39, 0.29) is 0 Å². The fraction of sp³-hybridized carbons (Fsp3) is 0.222. The van der Waals surface area contributed by atoms with Crippen LogP contribution in [-0.2, 0) is 6.54 Å². The SMILES string of the molecule is CC[n+]1ccc(/C=C\c2ccc(N(C)C)cc2)cc1/C=C/c1ccc(N(C)C)cc1. The summed E-state index contributed by atoms with van der Waals surface area (Å²) in [5.74, 6) is 0. The fourth-order valence-corrected chi connectivity index (χ4v) is 3.24. The number of rotatable bonds is 7. The van der Waals surface area contributed by atoms with Crippen molar-refractivity contribution in [3.63, 3.8) is 0 Å². The monoisotopic (exact) mass is 398 g/mol. The number of nitrogens with zero attached hydrogens (tertiary/aromatic N) is 3. The second-order valence-corrected chi connectivity index (χ2v) is 7.81. The van der Waals surface area contributed by atoms with Crippen LogP contribution in [0, 0.1) is 0 Å². The van der Waals surface area contributed by atoms with E-state index >= 15 is 0 Å². The van der Waals surface area contributed by atoms with Gasteiger partial charge in [-0.15, -0.1) is 0 Å². The zero-order valence-electron chi connectivity index (χ0n) is 18.7. The Kier molecular flexibility index (Phi) is 7.08. The van der Waals surface area contributed by atoms with Crippen LogP contribution < -0.4 is 14.4 Å². The molecule has 0 spiro atoms. The first-order valence-electron chi connectivity index (χ1n) is 10.4. The molecule has 0 aliphatic heterocycles. The molecule has 3 nitrogen and oxygen atoms in total.